The van der Waals surface area contributed by atoms with E-state index in [0.29, 0.717) is 21.5 Å². The number of aryl methyl sites for hydroxylation is 1. The Balaban J connectivity index is 1.76. The standard InChI is InChI=1S/C17H15Cl2NO4/c1-11-6-7-12(8-14(11)19)20-16(21)9-24-17(22)10-23-15-5-3-2-4-13(15)18/h2-8H,9-10H2,1H3,(H,20,21). The Kier molecular flexibility index (Phi) is 6.46. The number of nitrogens with one attached hydrogen (secondary N) is 1. The number of hydrogen-bond acceptors (Lipinski definition) is 4. The molecule has 126 valence electrons. The van der Waals surface area contributed by atoms with Gasteiger partial charge in [0.1, 0.15) is 5.75 Å². The molecular weight excluding hydrogens is 353 g/mol. The van der Waals surface area contributed by atoms with Gasteiger partial charge < -0.3 is 14.8 Å². The second kappa shape index (κ2) is 8.57. The first kappa shape index (κ1) is 18.1. The summed E-state index contributed by atoms with van der Waals surface area (Å²) in [5.74, 6) is -0.775. The molecule has 0 atom stereocenters. The minimum absolute atomic E-state index is 0.340. The number of amides is 1. The van der Waals surface area contributed by atoms with E-state index in [-0.39, 0.29) is 6.61 Å². The fourth-order valence-electron chi connectivity index (χ4n) is 1.75. The number of para-hydroxylation sites is 1. The Hall–Kier alpha value is -2.24. The number of hydrogen-bond donors (Lipinski definition) is 1. The monoisotopic (exact) mass is 367 g/mol. The van der Waals surface area contributed by atoms with Crippen LogP contribution in [-0.2, 0) is 14.3 Å². The first-order chi connectivity index (χ1) is 11.5. The smallest absolute Gasteiger partial charge is 0.344 e. The summed E-state index contributed by atoms with van der Waals surface area (Å²) < 4.78 is 10.1. The van der Waals surface area contributed by atoms with Crippen LogP contribution in [-0.4, -0.2) is 25.1 Å². The Morgan fingerprint density at radius 3 is 2.50 bits per heavy atom. The van der Waals surface area contributed by atoms with Crippen molar-refractivity contribution in [1.29, 1.82) is 0 Å². The molecule has 7 heteroatoms. The number of carbonyl (C=O) groups is 2. The van der Waals surface area contributed by atoms with E-state index in [4.69, 9.17) is 32.7 Å². The molecule has 0 heterocycles. The maximum Gasteiger partial charge on any atom is 0.344 e. The molecule has 0 unspecified atom stereocenters. The summed E-state index contributed by atoms with van der Waals surface area (Å²) in [5.41, 5.74) is 1.43. The third kappa shape index (κ3) is 5.44. The van der Waals surface area contributed by atoms with E-state index in [1.54, 1.807) is 42.5 Å². The molecule has 0 aliphatic carbocycles. The zero-order valence-electron chi connectivity index (χ0n) is 12.8. The summed E-state index contributed by atoms with van der Waals surface area (Å²) >= 11 is 11.9. The molecule has 0 aromatic heterocycles. The number of esters is 1. The van der Waals surface area contributed by atoms with E-state index in [1.165, 1.54) is 0 Å². The molecule has 0 fully saturated rings. The number of ether oxygens (including phenoxy) is 2. The van der Waals surface area contributed by atoms with Crippen LogP contribution in [0.5, 0.6) is 5.75 Å². The molecule has 0 saturated heterocycles. The number of halogens is 2. The summed E-state index contributed by atoms with van der Waals surface area (Å²) in [4.78, 5) is 23.3. The molecule has 1 N–H and O–H groups in total. The highest BCUT2D eigenvalue weighted by molar-refractivity contribution is 6.32. The minimum Gasteiger partial charge on any atom is -0.480 e. The highest BCUT2D eigenvalue weighted by Gasteiger charge is 2.10. The van der Waals surface area contributed by atoms with Crippen LogP contribution in [0.1, 0.15) is 5.56 Å². The molecule has 5 nitrogen and oxygen atoms in total. The quantitative estimate of drug-likeness (QED) is 0.787. The second-order valence-electron chi connectivity index (χ2n) is 4.89. The lowest BCUT2D eigenvalue weighted by molar-refractivity contribution is -0.149. The number of rotatable bonds is 6. The van der Waals surface area contributed by atoms with Crippen molar-refractivity contribution in [3.63, 3.8) is 0 Å². The number of carbonyl (C=O) groups excluding carboxylic acids is 2. The van der Waals surface area contributed by atoms with E-state index < -0.39 is 18.5 Å². The van der Waals surface area contributed by atoms with Crippen LogP contribution in [0, 0.1) is 6.92 Å². The van der Waals surface area contributed by atoms with Crippen LogP contribution in [0.15, 0.2) is 42.5 Å². The predicted molar refractivity (Wildman–Crippen MR) is 92.7 cm³/mol. The average molecular weight is 368 g/mol. The molecule has 0 aliphatic rings. The van der Waals surface area contributed by atoms with Crippen molar-refractivity contribution in [3.05, 3.63) is 58.1 Å². The lowest BCUT2D eigenvalue weighted by Crippen LogP contribution is -2.23. The van der Waals surface area contributed by atoms with Crippen molar-refractivity contribution in [2.45, 2.75) is 6.92 Å². The Morgan fingerprint density at radius 2 is 1.79 bits per heavy atom. The third-order valence-electron chi connectivity index (χ3n) is 3.00. The topological polar surface area (TPSA) is 64.6 Å². The van der Waals surface area contributed by atoms with Crippen molar-refractivity contribution in [2.75, 3.05) is 18.5 Å². The lowest BCUT2D eigenvalue weighted by Gasteiger charge is -2.09. The fourth-order valence-corrected chi connectivity index (χ4v) is 2.12. The van der Waals surface area contributed by atoms with Crippen molar-refractivity contribution >= 4 is 40.8 Å². The van der Waals surface area contributed by atoms with Crippen molar-refractivity contribution in [3.8, 4) is 5.75 Å². The van der Waals surface area contributed by atoms with E-state index in [0.717, 1.165) is 5.56 Å². The van der Waals surface area contributed by atoms with Gasteiger partial charge in [-0.15, -0.1) is 0 Å². The number of benzene rings is 2. The van der Waals surface area contributed by atoms with Gasteiger partial charge in [-0.2, -0.15) is 0 Å². The third-order valence-corrected chi connectivity index (χ3v) is 3.72. The van der Waals surface area contributed by atoms with E-state index in [9.17, 15) is 9.59 Å². The SMILES string of the molecule is Cc1ccc(NC(=O)COC(=O)COc2ccccc2Cl)cc1Cl. The second-order valence-corrected chi connectivity index (χ2v) is 5.71. The molecule has 2 rings (SSSR count). The van der Waals surface area contributed by atoms with Crippen molar-refractivity contribution in [1.82, 2.24) is 0 Å². The van der Waals surface area contributed by atoms with Gasteiger partial charge in [0.05, 0.1) is 5.02 Å². The van der Waals surface area contributed by atoms with Gasteiger partial charge in [-0.3, -0.25) is 4.79 Å². The maximum absolute atomic E-state index is 11.7. The first-order valence-electron chi connectivity index (χ1n) is 7.04. The molecular formula is C17H15Cl2NO4. The van der Waals surface area contributed by atoms with E-state index in [1.807, 2.05) is 6.92 Å². The van der Waals surface area contributed by atoms with Crippen LogP contribution >= 0.6 is 23.2 Å². The van der Waals surface area contributed by atoms with Crippen LogP contribution < -0.4 is 10.1 Å². The molecule has 0 spiro atoms. The molecule has 24 heavy (non-hydrogen) atoms. The molecule has 0 bridgehead atoms. The van der Waals surface area contributed by atoms with Gasteiger partial charge in [0.2, 0.25) is 0 Å². The highest BCUT2D eigenvalue weighted by Crippen LogP contribution is 2.23. The summed E-state index contributed by atoms with van der Waals surface area (Å²) in [5, 5.41) is 3.51. The van der Waals surface area contributed by atoms with Crippen LogP contribution in [0.3, 0.4) is 0 Å². The number of anilines is 1. The molecule has 0 radical (unpaired) electrons. The largest absolute Gasteiger partial charge is 0.480 e. The van der Waals surface area contributed by atoms with Crippen molar-refractivity contribution in [2.24, 2.45) is 0 Å². The van der Waals surface area contributed by atoms with Gasteiger partial charge in [-0.25, -0.2) is 4.79 Å². The minimum atomic E-state index is -0.674. The van der Waals surface area contributed by atoms with Gasteiger partial charge in [0.25, 0.3) is 5.91 Å². The average Bonchev–Trinajstić information content (AvgIpc) is 2.55. The van der Waals surface area contributed by atoms with Gasteiger partial charge in [-0.05, 0) is 36.8 Å². The summed E-state index contributed by atoms with van der Waals surface area (Å²) in [6.45, 7) is 1.10. The molecule has 1 amide bonds. The summed E-state index contributed by atoms with van der Waals surface area (Å²) in [6.07, 6.45) is 0. The highest BCUT2D eigenvalue weighted by atomic mass is 35.5. The van der Waals surface area contributed by atoms with Gasteiger partial charge >= 0.3 is 5.97 Å². The van der Waals surface area contributed by atoms with Crippen LogP contribution in [0.2, 0.25) is 10.0 Å². The first-order valence-corrected chi connectivity index (χ1v) is 7.80. The normalized spacial score (nSPS) is 10.1. The Morgan fingerprint density at radius 1 is 1.04 bits per heavy atom. The Labute approximate surface area is 149 Å². The molecule has 0 saturated carbocycles. The van der Waals surface area contributed by atoms with Crippen molar-refractivity contribution < 1.29 is 19.1 Å². The van der Waals surface area contributed by atoms with Gasteiger partial charge in [0.15, 0.2) is 13.2 Å². The zero-order chi connectivity index (χ0) is 17.5. The van der Waals surface area contributed by atoms with Crippen LogP contribution in [0.4, 0.5) is 5.69 Å². The molecule has 0 aliphatic heterocycles. The zero-order valence-corrected chi connectivity index (χ0v) is 14.4. The molecule has 2 aromatic carbocycles. The molecule has 2 aromatic rings. The van der Waals surface area contributed by atoms with Crippen LogP contribution in [0.25, 0.3) is 0 Å². The maximum atomic E-state index is 11.7. The van der Waals surface area contributed by atoms with E-state index in [2.05, 4.69) is 5.32 Å². The van der Waals surface area contributed by atoms with Gasteiger partial charge in [0, 0.05) is 10.7 Å². The van der Waals surface area contributed by atoms with Gasteiger partial charge in [-0.1, -0.05) is 41.4 Å². The predicted octanol–water partition coefficient (Wildman–Crippen LogP) is 3.86. The summed E-state index contributed by atoms with van der Waals surface area (Å²) in [6, 6.07) is 11.9. The summed E-state index contributed by atoms with van der Waals surface area (Å²) in [7, 11) is 0. The fraction of sp³-hybridized carbons (Fsp3) is 0.176. The Bertz CT molecular complexity index is 749. The van der Waals surface area contributed by atoms with E-state index >= 15 is 0 Å². The lowest BCUT2D eigenvalue weighted by atomic mass is 10.2.